The number of carbonyl (C=O) groups is 2. The number of aryl methyl sites for hydroxylation is 2. The third kappa shape index (κ3) is 3.89. The summed E-state index contributed by atoms with van der Waals surface area (Å²) in [7, 11) is 0. The number of hydrogen-bond donors (Lipinski definition) is 0. The van der Waals surface area contributed by atoms with Gasteiger partial charge in [-0.3, -0.25) is 14.5 Å². The van der Waals surface area contributed by atoms with E-state index < -0.39 is 17.7 Å². The maximum absolute atomic E-state index is 13.7. The van der Waals surface area contributed by atoms with Gasteiger partial charge in [0.05, 0.1) is 21.4 Å². The van der Waals surface area contributed by atoms with Crippen LogP contribution in [0.3, 0.4) is 0 Å². The van der Waals surface area contributed by atoms with Crippen molar-refractivity contribution in [3.05, 3.63) is 69.6 Å². The average Bonchev–Trinajstić information content (AvgIpc) is 3.27. The molecule has 0 radical (unpaired) electrons. The number of aromatic nitrogens is 3. The van der Waals surface area contributed by atoms with E-state index in [0.29, 0.717) is 22.8 Å². The zero-order chi connectivity index (χ0) is 24.7. The van der Waals surface area contributed by atoms with Gasteiger partial charge in [0.15, 0.2) is 12.4 Å². The van der Waals surface area contributed by atoms with Gasteiger partial charge in [0.1, 0.15) is 5.57 Å². The van der Waals surface area contributed by atoms with Crippen LogP contribution in [0.2, 0.25) is 10.0 Å². The van der Waals surface area contributed by atoms with Gasteiger partial charge >= 0.3 is 5.91 Å². The molecular formula is C25H24Cl2N4O3. The molecule has 7 nitrogen and oxygen atoms in total. The lowest BCUT2D eigenvalue weighted by Crippen LogP contribution is -2.42. The molecule has 0 saturated heterocycles. The Morgan fingerprint density at radius 2 is 1.79 bits per heavy atom. The highest BCUT2D eigenvalue weighted by Crippen LogP contribution is 2.38. The molecule has 0 atom stereocenters. The van der Waals surface area contributed by atoms with Crippen LogP contribution in [-0.2, 0) is 22.4 Å². The largest absolute Gasteiger partial charge is 0.858 e. The lowest BCUT2D eigenvalue weighted by atomic mass is 10.0. The number of nitrogens with zero attached hydrogens (tertiary/aromatic N) is 4. The summed E-state index contributed by atoms with van der Waals surface area (Å²) in [6.07, 6.45) is 4.66. The number of pyridine rings is 1. The first-order chi connectivity index (χ1) is 16.2. The molecule has 0 fully saturated rings. The molecule has 1 aromatic carbocycles. The van der Waals surface area contributed by atoms with E-state index in [4.69, 9.17) is 23.2 Å². The summed E-state index contributed by atoms with van der Waals surface area (Å²) in [6, 6.07) is 8.12. The first-order valence-corrected chi connectivity index (χ1v) is 11.8. The molecule has 0 N–H and O–H groups in total. The van der Waals surface area contributed by atoms with E-state index in [0.717, 1.165) is 12.0 Å². The van der Waals surface area contributed by atoms with Crippen molar-refractivity contribution < 1.29 is 19.3 Å². The van der Waals surface area contributed by atoms with Crippen molar-refractivity contribution in [2.45, 2.75) is 46.6 Å². The predicted octanol–water partition coefficient (Wildman–Crippen LogP) is 3.81. The number of imide groups is 1. The highest BCUT2D eigenvalue weighted by molar-refractivity contribution is 6.45. The molecule has 1 aliphatic heterocycles. The van der Waals surface area contributed by atoms with Crippen LogP contribution in [0.25, 0.3) is 17.0 Å². The summed E-state index contributed by atoms with van der Waals surface area (Å²) in [5.74, 6) is -1.45. The molecule has 4 rings (SSSR count). The Balaban J connectivity index is 2.01. The summed E-state index contributed by atoms with van der Waals surface area (Å²) >= 11 is 12.2. The van der Waals surface area contributed by atoms with Crippen LogP contribution < -0.4 is 9.67 Å². The van der Waals surface area contributed by atoms with Gasteiger partial charge in [-0.25, -0.2) is 4.68 Å². The van der Waals surface area contributed by atoms with Crippen LogP contribution in [0.15, 0.2) is 42.7 Å². The minimum absolute atomic E-state index is 0.0603. The van der Waals surface area contributed by atoms with Gasteiger partial charge in [-0.05, 0) is 56.8 Å². The number of amides is 2. The lowest BCUT2D eigenvalue weighted by molar-refractivity contribution is -0.577. The van der Waals surface area contributed by atoms with Crippen molar-refractivity contribution in [2.75, 3.05) is 0 Å². The second-order valence-electron chi connectivity index (χ2n) is 8.26. The van der Waals surface area contributed by atoms with Gasteiger partial charge in [-0.2, -0.15) is 9.67 Å². The minimum Gasteiger partial charge on any atom is -0.858 e. The van der Waals surface area contributed by atoms with E-state index in [2.05, 4.69) is 5.10 Å². The fourth-order valence-electron chi connectivity index (χ4n) is 4.08. The molecule has 0 saturated carbocycles. The van der Waals surface area contributed by atoms with Crippen LogP contribution in [0, 0.1) is 0 Å². The van der Waals surface area contributed by atoms with Crippen LogP contribution in [0.4, 0.5) is 0 Å². The van der Waals surface area contributed by atoms with Crippen molar-refractivity contribution in [3.8, 4) is 11.6 Å². The summed E-state index contributed by atoms with van der Waals surface area (Å²) in [4.78, 5) is 28.2. The molecule has 3 heterocycles. The van der Waals surface area contributed by atoms with E-state index in [-0.39, 0.29) is 27.9 Å². The quantitative estimate of drug-likeness (QED) is 0.382. The summed E-state index contributed by atoms with van der Waals surface area (Å²) in [6.45, 7) is 7.38. The minimum atomic E-state index is -0.509. The second-order valence-corrected chi connectivity index (χ2v) is 9.08. The van der Waals surface area contributed by atoms with Crippen molar-refractivity contribution >= 4 is 46.3 Å². The average molecular weight is 499 g/mol. The normalized spacial score (nSPS) is 14.1. The Morgan fingerprint density at radius 1 is 1.06 bits per heavy atom. The Kier molecular flexibility index (Phi) is 6.51. The third-order valence-electron chi connectivity index (χ3n) is 5.78. The van der Waals surface area contributed by atoms with Gasteiger partial charge in [0.2, 0.25) is 0 Å². The summed E-state index contributed by atoms with van der Waals surface area (Å²) < 4.78 is 2.83. The first-order valence-electron chi connectivity index (χ1n) is 11.1. The van der Waals surface area contributed by atoms with E-state index in [9.17, 15) is 14.7 Å². The van der Waals surface area contributed by atoms with Gasteiger partial charge in [-0.15, -0.1) is 0 Å². The highest BCUT2D eigenvalue weighted by atomic mass is 35.5. The zero-order valence-corrected chi connectivity index (χ0v) is 20.8. The molecule has 0 unspecified atom stereocenters. The van der Waals surface area contributed by atoms with E-state index in [1.54, 1.807) is 36.7 Å². The fraction of sp³-hybridized carbons (Fsp3) is 0.280. The number of hydrogen-bond acceptors (Lipinski definition) is 4. The smallest absolute Gasteiger partial charge is 0.327 e. The van der Waals surface area contributed by atoms with Crippen molar-refractivity contribution in [3.63, 3.8) is 0 Å². The summed E-state index contributed by atoms with van der Waals surface area (Å²) in [5, 5.41) is 18.8. The molecule has 0 aliphatic carbocycles. The maximum atomic E-state index is 13.7. The Morgan fingerprint density at radius 3 is 2.41 bits per heavy atom. The molecule has 1 aliphatic rings. The molecule has 2 aromatic heterocycles. The molecule has 2 amide bonds. The molecular weight excluding hydrogens is 475 g/mol. The van der Waals surface area contributed by atoms with Crippen LogP contribution >= 0.6 is 23.2 Å². The third-order valence-corrected chi connectivity index (χ3v) is 6.52. The molecule has 3 aromatic rings. The Bertz CT molecular complexity index is 1340. The van der Waals surface area contributed by atoms with Gasteiger partial charge in [0, 0.05) is 23.2 Å². The van der Waals surface area contributed by atoms with Crippen molar-refractivity contribution in [1.29, 1.82) is 0 Å². The molecule has 9 heteroatoms. The Labute approximate surface area is 207 Å². The number of halogens is 2. The molecule has 0 spiro atoms. The number of carbonyl (C=O) groups excluding carboxylic acids is 2. The van der Waals surface area contributed by atoms with Crippen molar-refractivity contribution in [2.24, 2.45) is 0 Å². The van der Waals surface area contributed by atoms with Gasteiger partial charge in [-0.1, -0.05) is 37.0 Å². The Hall–Kier alpha value is -3.16. The van der Waals surface area contributed by atoms with Crippen LogP contribution in [-0.4, -0.2) is 32.5 Å². The fourth-order valence-corrected chi connectivity index (χ4v) is 4.37. The second kappa shape index (κ2) is 9.24. The SMILES string of the molecule is CCc1ccc[n+](C2=C(c3c(CC)nn(-c4ccc(Cl)c(Cl)c4)c3[O-])C(=O)N(C(C)C)C2=O)c1. The van der Waals surface area contributed by atoms with E-state index in [1.807, 2.05) is 32.2 Å². The van der Waals surface area contributed by atoms with Crippen LogP contribution in [0.1, 0.15) is 44.5 Å². The van der Waals surface area contributed by atoms with Crippen molar-refractivity contribution in [1.82, 2.24) is 14.7 Å². The van der Waals surface area contributed by atoms with Gasteiger partial charge < -0.3 is 5.11 Å². The van der Waals surface area contributed by atoms with Crippen LogP contribution in [0.5, 0.6) is 5.88 Å². The predicted molar refractivity (Wildman–Crippen MR) is 129 cm³/mol. The number of benzene rings is 1. The summed E-state index contributed by atoms with van der Waals surface area (Å²) in [5.41, 5.74) is 2.16. The monoisotopic (exact) mass is 498 g/mol. The first kappa shape index (κ1) is 24.0. The molecule has 0 bridgehead atoms. The maximum Gasteiger partial charge on any atom is 0.327 e. The topological polar surface area (TPSA) is 82.1 Å². The standard InChI is InChI=1S/C25H24Cl2N4O3/c1-5-15-8-7-11-29(13-15)22-21(23(32)30(14(3)4)25(22)34)20-19(6-2)28-31(24(20)33)16-9-10-17(26)18(27)12-16/h7-14H,5-6H2,1-4H3. The molecule has 34 heavy (non-hydrogen) atoms. The van der Waals surface area contributed by atoms with Gasteiger partial charge in [0.25, 0.3) is 11.6 Å². The number of rotatable bonds is 6. The zero-order valence-electron chi connectivity index (χ0n) is 19.3. The highest BCUT2D eigenvalue weighted by Gasteiger charge is 2.47. The van der Waals surface area contributed by atoms with E-state index in [1.165, 1.54) is 15.6 Å². The van der Waals surface area contributed by atoms with E-state index >= 15 is 0 Å². The molecule has 176 valence electrons. The lowest BCUT2D eigenvalue weighted by Gasteiger charge is -2.18.